The van der Waals surface area contributed by atoms with Crippen molar-refractivity contribution in [2.75, 3.05) is 20.3 Å². The van der Waals surface area contributed by atoms with Crippen molar-refractivity contribution in [2.24, 2.45) is 0 Å². The van der Waals surface area contributed by atoms with Crippen molar-refractivity contribution < 1.29 is 18.3 Å². The summed E-state index contributed by atoms with van der Waals surface area (Å²) in [5.41, 5.74) is 4.56. The molecule has 1 aliphatic rings. The van der Waals surface area contributed by atoms with Crippen molar-refractivity contribution in [1.29, 1.82) is 0 Å². The topological polar surface area (TPSA) is 126 Å². The Kier molecular flexibility index (Phi) is 6.15. The first kappa shape index (κ1) is 22.6. The SMILES string of the molecule is CNCc1ccc(-c2nnc(-c3nc(-c4ccc(S(O)(O)C5COC5)cc4)cnc3C)o2)cc1. The molecule has 0 spiro atoms. The average molecular weight is 480 g/mol. The van der Waals surface area contributed by atoms with Crippen LogP contribution in [0.5, 0.6) is 0 Å². The third-order valence-electron chi connectivity index (χ3n) is 5.73. The van der Waals surface area contributed by atoms with Crippen LogP contribution in [0.4, 0.5) is 0 Å². The molecule has 34 heavy (non-hydrogen) atoms. The molecule has 0 atom stereocenters. The van der Waals surface area contributed by atoms with E-state index in [4.69, 9.17) is 14.1 Å². The van der Waals surface area contributed by atoms with Crippen LogP contribution in [0, 0.1) is 6.92 Å². The third-order valence-corrected chi connectivity index (χ3v) is 7.90. The number of aromatic nitrogens is 4. The van der Waals surface area contributed by atoms with Gasteiger partial charge in [0.25, 0.3) is 5.89 Å². The lowest BCUT2D eigenvalue weighted by Crippen LogP contribution is -2.38. The molecule has 0 unspecified atom stereocenters. The second-order valence-electron chi connectivity index (χ2n) is 8.11. The maximum atomic E-state index is 10.5. The zero-order valence-corrected chi connectivity index (χ0v) is 19.6. The number of ether oxygens (including phenoxy) is 1. The molecule has 1 saturated heterocycles. The molecule has 0 radical (unpaired) electrons. The number of hydrogen-bond acceptors (Lipinski definition) is 9. The Bertz CT molecular complexity index is 1290. The molecule has 2 aromatic heterocycles. The summed E-state index contributed by atoms with van der Waals surface area (Å²) in [6.45, 7) is 3.35. The van der Waals surface area contributed by atoms with Gasteiger partial charge in [-0.3, -0.25) is 14.1 Å². The smallest absolute Gasteiger partial charge is 0.268 e. The van der Waals surface area contributed by atoms with Crippen LogP contribution in [0.1, 0.15) is 11.3 Å². The predicted molar refractivity (Wildman–Crippen MR) is 129 cm³/mol. The van der Waals surface area contributed by atoms with Gasteiger partial charge in [0.15, 0.2) is 0 Å². The lowest BCUT2D eigenvalue weighted by atomic mass is 10.1. The maximum Gasteiger partial charge on any atom is 0.268 e. The van der Waals surface area contributed by atoms with Crippen molar-refractivity contribution in [3.63, 3.8) is 0 Å². The quantitative estimate of drug-likeness (QED) is 0.353. The first-order valence-electron chi connectivity index (χ1n) is 10.8. The number of nitrogens with zero attached hydrogens (tertiary/aromatic N) is 4. The molecule has 10 heteroatoms. The number of rotatable bonds is 7. The minimum absolute atomic E-state index is 0.254. The van der Waals surface area contributed by atoms with Gasteiger partial charge >= 0.3 is 0 Å². The number of hydrogen-bond donors (Lipinski definition) is 3. The van der Waals surface area contributed by atoms with Gasteiger partial charge in [-0.1, -0.05) is 24.3 Å². The van der Waals surface area contributed by atoms with E-state index in [0.29, 0.717) is 41.1 Å². The summed E-state index contributed by atoms with van der Waals surface area (Å²) in [6.07, 6.45) is 1.67. The van der Waals surface area contributed by atoms with Crippen LogP contribution in [-0.4, -0.2) is 54.8 Å². The summed E-state index contributed by atoms with van der Waals surface area (Å²) >= 11 is 0. The molecule has 1 aliphatic heterocycles. The minimum atomic E-state index is -2.89. The Balaban J connectivity index is 1.40. The van der Waals surface area contributed by atoms with Crippen LogP contribution in [-0.2, 0) is 11.3 Å². The van der Waals surface area contributed by atoms with Crippen LogP contribution in [0.15, 0.2) is 64.0 Å². The van der Waals surface area contributed by atoms with Crippen LogP contribution < -0.4 is 5.32 Å². The molecule has 1 fully saturated rings. The van der Waals surface area contributed by atoms with Gasteiger partial charge < -0.3 is 14.5 Å². The molecule has 2 aromatic carbocycles. The van der Waals surface area contributed by atoms with E-state index in [-0.39, 0.29) is 11.1 Å². The lowest BCUT2D eigenvalue weighted by Gasteiger charge is -2.44. The molecule has 5 rings (SSSR count). The summed E-state index contributed by atoms with van der Waals surface area (Å²) < 4.78 is 32.1. The highest BCUT2D eigenvalue weighted by molar-refractivity contribution is 8.25. The predicted octanol–water partition coefficient (Wildman–Crippen LogP) is 4.40. The van der Waals surface area contributed by atoms with Gasteiger partial charge in [0.05, 0.1) is 35.7 Å². The van der Waals surface area contributed by atoms with Crippen LogP contribution in [0.25, 0.3) is 34.3 Å². The normalized spacial score (nSPS) is 14.7. The maximum absolute atomic E-state index is 10.5. The van der Waals surface area contributed by atoms with E-state index in [1.54, 1.807) is 30.5 Å². The Hall–Kier alpha value is -3.15. The van der Waals surface area contributed by atoms with Gasteiger partial charge in [-0.25, -0.2) is 4.98 Å². The zero-order valence-electron chi connectivity index (χ0n) is 18.8. The molecule has 0 aliphatic carbocycles. The van der Waals surface area contributed by atoms with Crippen molar-refractivity contribution in [3.05, 3.63) is 66.0 Å². The molecular weight excluding hydrogens is 454 g/mol. The minimum Gasteiger partial charge on any atom is -0.415 e. The summed E-state index contributed by atoms with van der Waals surface area (Å²) in [7, 11) is -0.982. The second kappa shape index (κ2) is 9.24. The standard InChI is InChI=1S/C24H25N5O4S/c1-15-22(24-29-28-23(33-24)18-5-3-16(4-6-18)11-25-2)27-21(12-26-15)17-7-9-19(10-8-17)34(30,31)20-13-32-14-20/h3-10,12,20,25,30-31H,11,13-14H2,1-2H3. The largest absolute Gasteiger partial charge is 0.415 e. The number of benzene rings is 2. The summed E-state index contributed by atoms with van der Waals surface area (Å²) in [6, 6.07) is 15.0. The van der Waals surface area contributed by atoms with E-state index < -0.39 is 10.6 Å². The van der Waals surface area contributed by atoms with Crippen molar-refractivity contribution in [2.45, 2.75) is 23.6 Å². The fraction of sp³-hybridized carbons (Fsp3) is 0.250. The lowest BCUT2D eigenvalue weighted by molar-refractivity contribution is 0.0377. The van der Waals surface area contributed by atoms with Crippen LogP contribution in [0.3, 0.4) is 0 Å². The van der Waals surface area contributed by atoms with E-state index >= 15 is 0 Å². The van der Waals surface area contributed by atoms with Crippen LogP contribution in [0.2, 0.25) is 0 Å². The highest BCUT2D eigenvalue weighted by Gasteiger charge is 2.34. The zero-order chi connectivity index (χ0) is 23.7. The molecule has 0 bridgehead atoms. The van der Waals surface area contributed by atoms with Gasteiger partial charge in [0.1, 0.15) is 10.9 Å². The fourth-order valence-corrected chi connectivity index (χ4v) is 5.11. The number of aryl methyl sites for hydroxylation is 1. The molecule has 3 N–H and O–H groups in total. The average Bonchev–Trinajstić information content (AvgIpc) is 3.29. The Morgan fingerprint density at radius 2 is 1.65 bits per heavy atom. The summed E-state index contributed by atoms with van der Waals surface area (Å²) in [5.74, 6) is 0.698. The van der Waals surface area contributed by atoms with E-state index in [1.165, 1.54) is 0 Å². The Labute approximate surface area is 198 Å². The van der Waals surface area contributed by atoms with Crippen molar-refractivity contribution in [3.8, 4) is 34.3 Å². The first-order valence-corrected chi connectivity index (χ1v) is 12.4. The van der Waals surface area contributed by atoms with Crippen molar-refractivity contribution >= 4 is 10.6 Å². The highest BCUT2D eigenvalue weighted by Crippen LogP contribution is 2.54. The van der Waals surface area contributed by atoms with E-state index in [1.807, 2.05) is 38.2 Å². The van der Waals surface area contributed by atoms with Gasteiger partial charge in [-0.15, -0.1) is 10.2 Å². The first-order chi connectivity index (χ1) is 16.5. The van der Waals surface area contributed by atoms with E-state index in [2.05, 4.69) is 20.5 Å². The van der Waals surface area contributed by atoms with Gasteiger partial charge in [0, 0.05) is 17.7 Å². The monoisotopic (exact) mass is 479 g/mol. The van der Waals surface area contributed by atoms with Crippen LogP contribution >= 0.6 is 10.6 Å². The van der Waals surface area contributed by atoms with Gasteiger partial charge in [-0.2, -0.15) is 10.6 Å². The molecule has 3 heterocycles. The van der Waals surface area contributed by atoms with E-state index in [9.17, 15) is 9.11 Å². The Morgan fingerprint density at radius 3 is 2.29 bits per heavy atom. The van der Waals surface area contributed by atoms with Gasteiger partial charge in [-0.05, 0) is 43.8 Å². The molecule has 176 valence electrons. The molecule has 9 nitrogen and oxygen atoms in total. The highest BCUT2D eigenvalue weighted by atomic mass is 32.3. The third kappa shape index (κ3) is 4.33. The number of nitrogens with one attached hydrogen (secondary N) is 1. The summed E-state index contributed by atoms with van der Waals surface area (Å²) in [5, 5.41) is 11.2. The summed E-state index contributed by atoms with van der Waals surface area (Å²) in [4.78, 5) is 9.66. The second-order valence-corrected chi connectivity index (χ2v) is 10.4. The van der Waals surface area contributed by atoms with Gasteiger partial charge in [0.2, 0.25) is 5.89 Å². The molecule has 4 aromatic rings. The Morgan fingerprint density at radius 1 is 0.971 bits per heavy atom. The molecule has 0 saturated carbocycles. The fourth-order valence-electron chi connectivity index (χ4n) is 3.62. The molecule has 0 amide bonds. The van der Waals surface area contributed by atoms with E-state index in [0.717, 1.165) is 23.2 Å². The molecular formula is C24H25N5O4S. The van der Waals surface area contributed by atoms with Crippen molar-refractivity contribution in [1.82, 2.24) is 25.5 Å².